The summed E-state index contributed by atoms with van der Waals surface area (Å²) in [5, 5.41) is 14.9. The summed E-state index contributed by atoms with van der Waals surface area (Å²) in [7, 11) is 0. The summed E-state index contributed by atoms with van der Waals surface area (Å²) in [6, 6.07) is 9.50. The summed E-state index contributed by atoms with van der Waals surface area (Å²) in [6.45, 7) is 5.47. The predicted molar refractivity (Wildman–Crippen MR) is 104 cm³/mol. The van der Waals surface area contributed by atoms with E-state index in [1.807, 2.05) is 30.3 Å². The van der Waals surface area contributed by atoms with Crippen LogP contribution in [0.1, 0.15) is 32.8 Å². The van der Waals surface area contributed by atoms with Crippen molar-refractivity contribution < 1.29 is 33.6 Å². The van der Waals surface area contributed by atoms with Gasteiger partial charge in [-0.05, 0) is 26.3 Å². The number of hydrogen-bond acceptors (Lipinski definition) is 7. The molecular weight excluding hydrogens is 380 g/mol. The van der Waals surface area contributed by atoms with E-state index in [1.54, 1.807) is 20.8 Å². The highest BCUT2D eigenvalue weighted by atomic mass is 16.7. The van der Waals surface area contributed by atoms with E-state index in [9.17, 15) is 14.7 Å². The number of amides is 2. The second-order valence-electron chi connectivity index (χ2n) is 7.88. The van der Waals surface area contributed by atoms with Crippen molar-refractivity contribution in [2.24, 2.45) is 0 Å². The summed E-state index contributed by atoms with van der Waals surface area (Å²) >= 11 is 0. The van der Waals surface area contributed by atoms with Gasteiger partial charge in [-0.25, -0.2) is 9.59 Å². The largest absolute Gasteiger partial charge is 0.449 e. The van der Waals surface area contributed by atoms with Gasteiger partial charge < -0.3 is 34.7 Å². The molecule has 162 valence electrons. The maximum absolute atomic E-state index is 12.0. The average Bonchev–Trinajstić information content (AvgIpc) is 2.67. The highest BCUT2D eigenvalue weighted by Crippen LogP contribution is 2.19. The Kier molecular flexibility index (Phi) is 8.24. The highest BCUT2D eigenvalue weighted by Gasteiger charge is 2.39. The van der Waals surface area contributed by atoms with Gasteiger partial charge in [0.15, 0.2) is 6.29 Å². The Hall–Kier alpha value is -2.36. The third-order valence-corrected chi connectivity index (χ3v) is 4.03. The van der Waals surface area contributed by atoms with Crippen molar-refractivity contribution in [3.05, 3.63) is 35.9 Å². The van der Waals surface area contributed by atoms with Gasteiger partial charge in [0.25, 0.3) is 0 Å². The molecule has 1 fully saturated rings. The van der Waals surface area contributed by atoms with E-state index in [0.717, 1.165) is 5.56 Å². The van der Waals surface area contributed by atoms with E-state index >= 15 is 0 Å². The molecule has 9 nitrogen and oxygen atoms in total. The number of benzene rings is 1. The van der Waals surface area contributed by atoms with Gasteiger partial charge in [-0.15, -0.1) is 0 Å². The Labute approximate surface area is 170 Å². The van der Waals surface area contributed by atoms with Crippen LogP contribution in [0, 0.1) is 0 Å². The van der Waals surface area contributed by atoms with Crippen LogP contribution in [0.3, 0.4) is 0 Å². The van der Waals surface area contributed by atoms with E-state index in [1.165, 1.54) is 0 Å². The van der Waals surface area contributed by atoms with Crippen LogP contribution in [0.15, 0.2) is 30.3 Å². The Morgan fingerprint density at radius 3 is 2.41 bits per heavy atom. The minimum absolute atomic E-state index is 0.0492. The quantitative estimate of drug-likeness (QED) is 0.629. The normalized spacial score (nSPS) is 21.9. The number of carbonyl (C=O) groups is 2. The molecule has 2 rings (SSSR count). The van der Waals surface area contributed by atoms with Crippen LogP contribution in [0.25, 0.3) is 0 Å². The molecule has 0 saturated carbocycles. The fraction of sp³-hybridized carbons (Fsp3) is 0.600. The van der Waals surface area contributed by atoms with E-state index in [2.05, 4.69) is 10.6 Å². The maximum atomic E-state index is 12.0. The van der Waals surface area contributed by atoms with Crippen LogP contribution < -0.4 is 10.6 Å². The monoisotopic (exact) mass is 410 g/mol. The van der Waals surface area contributed by atoms with Crippen LogP contribution in [-0.2, 0) is 25.5 Å². The number of alkyl carbamates (subject to hydrolysis) is 2. The number of aliphatic hydroxyl groups excluding tert-OH is 1. The van der Waals surface area contributed by atoms with Crippen molar-refractivity contribution in [1.29, 1.82) is 0 Å². The number of aliphatic hydroxyl groups is 1. The van der Waals surface area contributed by atoms with Gasteiger partial charge in [0.05, 0.1) is 26.4 Å². The minimum atomic E-state index is -1.08. The van der Waals surface area contributed by atoms with Crippen molar-refractivity contribution >= 4 is 12.2 Å². The molecule has 0 bridgehead atoms. The van der Waals surface area contributed by atoms with Crippen LogP contribution in [-0.4, -0.2) is 61.2 Å². The molecule has 1 aromatic rings. The topological polar surface area (TPSA) is 115 Å². The number of hydrogen-bond donors (Lipinski definition) is 3. The first kappa shape index (κ1) is 22.9. The van der Waals surface area contributed by atoms with Crippen LogP contribution in [0.4, 0.5) is 9.59 Å². The average molecular weight is 410 g/mol. The Morgan fingerprint density at radius 2 is 1.83 bits per heavy atom. The highest BCUT2D eigenvalue weighted by molar-refractivity contribution is 5.69. The van der Waals surface area contributed by atoms with E-state index in [-0.39, 0.29) is 26.4 Å². The molecule has 29 heavy (non-hydrogen) atoms. The van der Waals surface area contributed by atoms with Crippen molar-refractivity contribution in [3.8, 4) is 0 Å². The number of carbonyl (C=O) groups excluding carboxylic acids is 2. The molecule has 1 aliphatic rings. The molecule has 0 aliphatic carbocycles. The lowest BCUT2D eigenvalue weighted by Gasteiger charge is -2.39. The molecule has 3 N–H and O–H groups in total. The third kappa shape index (κ3) is 8.26. The first-order chi connectivity index (χ1) is 13.7. The fourth-order valence-electron chi connectivity index (χ4n) is 2.55. The summed E-state index contributed by atoms with van der Waals surface area (Å²) in [4.78, 5) is 23.7. The van der Waals surface area contributed by atoms with E-state index in [0.29, 0.717) is 13.0 Å². The molecule has 1 saturated heterocycles. The van der Waals surface area contributed by atoms with Gasteiger partial charge in [0.2, 0.25) is 0 Å². The number of ether oxygens (including phenoxy) is 4. The van der Waals surface area contributed by atoms with Gasteiger partial charge in [-0.1, -0.05) is 30.3 Å². The lowest BCUT2D eigenvalue weighted by molar-refractivity contribution is -0.221. The van der Waals surface area contributed by atoms with Crippen molar-refractivity contribution in [2.45, 2.75) is 51.2 Å². The molecule has 0 spiro atoms. The lowest BCUT2D eigenvalue weighted by Crippen LogP contribution is -2.62. The van der Waals surface area contributed by atoms with Crippen LogP contribution in [0.5, 0.6) is 0 Å². The van der Waals surface area contributed by atoms with Gasteiger partial charge in [-0.2, -0.15) is 0 Å². The van der Waals surface area contributed by atoms with Gasteiger partial charge in [0, 0.05) is 13.0 Å². The Bertz CT molecular complexity index is 653. The predicted octanol–water partition coefficient (Wildman–Crippen LogP) is 1.93. The minimum Gasteiger partial charge on any atom is -0.449 e. The summed E-state index contributed by atoms with van der Waals surface area (Å²) in [6.07, 6.45) is -1.46. The molecular formula is C20H30N2O7. The standard InChI is InChI=1S/C20H30N2O7/c1-19(2,3)29-18(25)22-20(12-23)13-27-16(28-14-20)9-10-26-17(24)21-11-15-7-5-4-6-8-15/h4-8,16,23H,9-14H2,1-3H3,(H,21,24)(H,22,25). The molecule has 1 aromatic carbocycles. The van der Waals surface area contributed by atoms with Crippen LogP contribution >= 0.6 is 0 Å². The smallest absolute Gasteiger partial charge is 0.408 e. The molecule has 0 atom stereocenters. The van der Waals surface area contributed by atoms with E-state index in [4.69, 9.17) is 18.9 Å². The van der Waals surface area contributed by atoms with Crippen LogP contribution in [0.2, 0.25) is 0 Å². The second-order valence-corrected chi connectivity index (χ2v) is 7.88. The van der Waals surface area contributed by atoms with Gasteiger partial charge in [-0.3, -0.25) is 0 Å². The van der Waals surface area contributed by atoms with E-state index < -0.39 is 29.6 Å². The third-order valence-electron chi connectivity index (χ3n) is 4.03. The first-order valence-corrected chi connectivity index (χ1v) is 9.51. The van der Waals surface area contributed by atoms with Gasteiger partial charge >= 0.3 is 12.2 Å². The Balaban J connectivity index is 1.66. The Morgan fingerprint density at radius 1 is 1.17 bits per heavy atom. The fourth-order valence-corrected chi connectivity index (χ4v) is 2.55. The molecule has 0 unspecified atom stereocenters. The van der Waals surface area contributed by atoms with Gasteiger partial charge in [0.1, 0.15) is 11.1 Å². The maximum Gasteiger partial charge on any atom is 0.408 e. The molecule has 1 heterocycles. The molecule has 1 aliphatic heterocycles. The zero-order chi connectivity index (χ0) is 21.3. The van der Waals surface area contributed by atoms with Crippen molar-refractivity contribution in [2.75, 3.05) is 26.4 Å². The SMILES string of the molecule is CC(C)(C)OC(=O)NC1(CO)COC(CCOC(=O)NCc2ccccc2)OC1. The lowest BCUT2D eigenvalue weighted by atomic mass is 10.0. The number of nitrogens with one attached hydrogen (secondary N) is 2. The second kappa shape index (κ2) is 10.4. The summed E-state index contributed by atoms with van der Waals surface area (Å²) < 4.78 is 21.4. The molecule has 9 heteroatoms. The summed E-state index contributed by atoms with van der Waals surface area (Å²) in [5.41, 5.74) is -0.758. The zero-order valence-electron chi connectivity index (χ0n) is 17.1. The van der Waals surface area contributed by atoms with Crippen molar-refractivity contribution in [1.82, 2.24) is 10.6 Å². The molecule has 2 amide bonds. The van der Waals surface area contributed by atoms with Crippen molar-refractivity contribution in [3.63, 3.8) is 0 Å². The molecule has 0 radical (unpaired) electrons. The molecule has 0 aromatic heterocycles. The number of rotatable bonds is 7. The zero-order valence-corrected chi connectivity index (χ0v) is 17.1. The summed E-state index contributed by atoms with van der Waals surface area (Å²) in [5.74, 6) is 0. The first-order valence-electron chi connectivity index (χ1n) is 9.51.